The summed E-state index contributed by atoms with van der Waals surface area (Å²) in [7, 11) is 3.75. The van der Waals surface area contributed by atoms with Crippen LogP contribution >= 0.6 is 11.3 Å². The molecule has 0 aliphatic rings. The lowest BCUT2D eigenvalue weighted by Gasteiger charge is -2.08. The molecule has 0 saturated heterocycles. The molecule has 0 atom stereocenters. The van der Waals surface area contributed by atoms with Gasteiger partial charge in [0, 0.05) is 6.54 Å². The van der Waals surface area contributed by atoms with Crippen LogP contribution in [-0.2, 0) is 11.3 Å². The molecule has 1 rings (SSSR count). The average molecular weight is 230 g/mol. The number of thiazole rings is 1. The quantitative estimate of drug-likeness (QED) is 0.772. The molecule has 0 amide bonds. The number of aromatic amines is 1. The highest BCUT2D eigenvalue weighted by Crippen LogP contribution is 2.12. The van der Waals surface area contributed by atoms with Gasteiger partial charge in [-0.2, -0.15) is 0 Å². The molecule has 0 fully saturated rings. The summed E-state index contributed by atoms with van der Waals surface area (Å²) in [5.74, 6) is -0.465. The summed E-state index contributed by atoms with van der Waals surface area (Å²) in [6, 6.07) is 0. The number of carbonyl (C=O) groups excluding carboxylic acids is 1. The molecular formula is C9H14N2O3S. The Morgan fingerprint density at radius 1 is 1.53 bits per heavy atom. The molecule has 0 aromatic carbocycles. The minimum absolute atomic E-state index is 0.227. The number of esters is 1. The minimum Gasteiger partial charge on any atom is -0.461 e. The zero-order chi connectivity index (χ0) is 11.4. The number of nitrogens with one attached hydrogen (secondary N) is 1. The third-order valence-electron chi connectivity index (χ3n) is 1.66. The van der Waals surface area contributed by atoms with E-state index in [1.165, 1.54) is 0 Å². The van der Waals surface area contributed by atoms with Crippen LogP contribution in [0.5, 0.6) is 0 Å². The van der Waals surface area contributed by atoms with Crippen LogP contribution in [0, 0.1) is 0 Å². The van der Waals surface area contributed by atoms with Gasteiger partial charge in [0.2, 0.25) is 0 Å². The van der Waals surface area contributed by atoms with E-state index in [0.29, 0.717) is 18.0 Å². The topological polar surface area (TPSA) is 62.4 Å². The molecule has 1 N–H and O–H groups in total. The molecule has 5 nitrogen and oxygen atoms in total. The van der Waals surface area contributed by atoms with Crippen molar-refractivity contribution in [1.29, 1.82) is 0 Å². The third-order valence-corrected chi connectivity index (χ3v) is 2.53. The predicted molar refractivity (Wildman–Crippen MR) is 58.3 cm³/mol. The van der Waals surface area contributed by atoms with Gasteiger partial charge in [-0.05, 0) is 21.0 Å². The number of ether oxygens (including phenoxy) is 1. The normalized spacial score (nSPS) is 10.7. The van der Waals surface area contributed by atoms with Crippen LogP contribution in [0.15, 0.2) is 4.79 Å². The van der Waals surface area contributed by atoms with E-state index in [2.05, 4.69) is 4.98 Å². The van der Waals surface area contributed by atoms with E-state index in [4.69, 9.17) is 4.74 Å². The van der Waals surface area contributed by atoms with E-state index in [0.717, 1.165) is 11.3 Å². The summed E-state index contributed by atoms with van der Waals surface area (Å²) in [4.78, 5) is 27.5. The number of H-pyrrole nitrogens is 1. The monoisotopic (exact) mass is 230 g/mol. The van der Waals surface area contributed by atoms with Gasteiger partial charge in [-0.15, -0.1) is 0 Å². The van der Waals surface area contributed by atoms with Crippen molar-refractivity contribution in [2.75, 3.05) is 20.7 Å². The maximum atomic E-state index is 11.5. The van der Waals surface area contributed by atoms with Gasteiger partial charge in [0.05, 0.1) is 11.5 Å². The average Bonchev–Trinajstić information content (AvgIpc) is 2.46. The van der Waals surface area contributed by atoms with Gasteiger partial charge >= 0.3 is 10.8 Å². The number of rotatable bonds is 4. The number of hydrogen-bond donors (Lipinski definition) is 1. The van der Waals surface area contributed by atoms with E-state index >= 15 is 0 Å². The van der Waals surface area contributed by atoms with Crippen molar-refractivity contribution in [2.45, 2.75) is 13.5 Å². The van der Waals surface area contributed by atoms with Crippen LogP contribution in [-0.4, -0.2) is 36.6 Å². The highest BCUT2D eigenvalue weighted by Gasteiger charge is 2.17. The molecule has 6 heteroatoms. The molecule has 84 valence electrons. The van der Waals surface area contributed by atoms with E-state index in [1.54, 1.807) is 6.92 Å². The van der Waals surface area contributed by atoms with Gasteiger partial charge in [0.25, 0.3) is 0 Å². The van der Waals surface area contributed by atoms with Crippen molar-refractivity contribution < 1.29 is 9.53 Å². The molecule has 0 radical (unpaired) electrons. The fourth-order valence-corrected chi connectivity index (χ4v) is 2.06. The zero-order valence-electron chi connectivity index (χ0n) is 8.99. The zero-order valence-corrected chi connectivity index (χ0v) is 9.81. The van der Waals surface area contributed by atoms with Crippen molar-refractivity contribution >= 4 is 17.3 Å². The SMILES string of the molecule is CCOC(=O)c1[nH]c(=O)sc1CN(C)C. The van der Waals surface area contributed by atoms with Crippen molar-refractivity contribution in [2.24, 2.45) is 0 Å². The van der Waals surface area contributed by atoms with Gasteiger partial charge in [0.15, 0.2) is 0 Å². The van der Waals surface area contributed by atoms with Gasteiger partial charge in [-0.25, -0.2) is 4.79 Å². The van der Waals surface area contributed by atoms with E-state index in [9.17, 15) is 9.59 Å². The molecule has 0 saturated carbocycles. The Labute approximate surface area is 91.7 Å². The van der Waals surface area contributed by atoms with Crippen LogP contribution < -0.4 is 4.87 Å². The second-order valence-electron chi connectivity index (χ2n) is 3.27. The lowest BCUT2D eigenvalue weighted by Crippen LogP contribution is -2.14. The van der Waals surface area contributed by atoms with Crippen molar-refractivity contribution in [3.63, 3.8) is 0 Å². The largest absolute Gasteiger partial charge is 0.461 e. The lowest BCUT2D eigenvalue weighted by molar-refractivity contribution is 0.0518. The summed E-state index contributed by atoms with van der Waals surface area (Å²) in [5.41, 5.74) is 0.278. The fourth-order valence-electron chi connectivity index (χ4n) is 1.13. The number of nitrogens with zero attached hydrogens (tertiary/aromatic N) is 1. The van der Waals surface area contributed by atoms with Crippen molar-refractivity contribution in [3.05, 3.63) is 20.2 Å². The van der Waals surface area contributed by atoms with Crippen LogP contribution in [0.25, 0.3) is 0 Å². The smallest absolute Gasteiger partial charge is 0.356 e. The highest BCUT2D eigenvalue weighted by atomic mass is 32.1. The van der Waals surface area contributed by atoms with E-state index in [1.807, 2.05) is 19.0 Å². The van der Waals surface area contributed by atoms with Gasteiger partial charge in [0.1, 0.15) is 5.69 Å². The maximum Gasteiger partial charge on any atom is 0.356 e. The van der Waals surface area contributed by atoms with Gasteiger partial charge < -0.3 is 14.6 Å². The number of hydrogen-bond acceptors (Lipinski definition) is 5. The fraction of sp³-hybridized carbons (Fsp3) is 0.556. The Morgan fingerprint density at radius 3 is 2.73 bits per heavy atom. The van der Waals surface area contributed by atoms with Crippen LogP contribution in [0.1, 0.15) is 22.3 Å². The molecule has 0 bridgehead atoms. The number of aromatic nitrogens is 1. The van der Waals surface area contributed by atoms with Crippen LogP contribution in [0.3, 0.4) is 0 Å². The lowest BCUT2D eigenvalue weighted by atomic mass is 10.3. The highest BCUT2D eigenvalue weighted by molar-refractivity contribution is 7.09. The second-order valence-corrected chi connectivity index (χ2v) is 4.34. The first-order valence-corrected chi connectivity index (χ1v) is 5.40. The van der Waals surface area contributed by atoms with Crippen molar-refractivity contribution in [1.82, 2.24) is 9.88 Å². The molecule has 1 aromatic rings. The molecule has 15 heavy (non-hydrogen) atoms. The molecule has 1 aromatic heterocycles. The summed E-state index contributed by atoms with van der Waals surface area (Å²) in [5, 5.41) is 0. The van der Waals surface area contributed by atoms with Gasteiger partial charge in [-0.1, -0.05) is 11.3 Å². The molecule has 0 unspecified atom stereocenters. The molecule has 0 spiro atoms. The summed E-state index contributed by atoms with van der Waals surface area (Å²) >= 11 is 1.04. The number of carbonyl (C=O) groups is 1. The first-order chi connectivity index (χ1) is 7.04. The van der Waals surface area contributed by atoms with Crippen molar-refractivity contribution in [3.8, 4) is 0 Å². The van der Waals surface area contributed by atoms with E-state index < -0.39 is 5.97 Å². The Morgan fingerprint density at radius 2 is 2.20 bits per heavy atom. The summed E-state index contributed by atoms with van der Waals surface area (Å²) < 4.78 is 4.84. The van der Waals surface area contributed by atoms with Crippen LogP contribution in [0.2, 0.25) is 0 Å². The van der Waals surface area contributed by atoms with Crippen LogP contribution in [0.4, 0.5) is 0 Å². The Hall–Kier alpha value is -1.14. The first kappa shape index (κ1) is 11.9. The molecule has 1 heterocycles. The Bertz CT molecular complexity index is 394. The predicted octanol–water partition coefficient (Wildman–Crippen LogP) is 0.675. The molecule has 0 aliphatic carbocycles. The third kappa shape index (κ3) is 3.17. The summed E-state index contributed by atoms with van der Waals surface area (Å²) in [6.07, 6.45) is 0. The molecule has 0 aliphatic heterocycles. The first-order valence-electron chi connectivity index (χ1n) is 4.58. The molecular weight excluding hydrogens is 216 g/mol. The second kappa shape index (κ2) is 5.09. The Balaban J connectivity index is 2.95. The minimum atomic E-state index is -0.465. The summed E-state index contributed by atoms with van der Waals surface area (Å²) in [6.45, 7) is 2.59. The standard InChI is InChI=1S/C9H14N2O3S/c1-4-14-8(12)7-6(5-11(2)3)15-9(13)10-7/h4-5H2,1-3H3,(H,10,13). The van der Waals surface area contributed by atoms with E-state index in [-0.39, 0.29) is 10.6 Å². The maximum absolute atomic E-state index is 11.5. The van der Waals surface area contributed by atoms with Gasteiger partial charge in [-0.3, -0.25) is 4.79 Å². The Kier molecular flexibility index (Phi) is 4.05.